The van der Waals surface area contributed by atoms with Gasteiger partial charge >= 0.3 is 11.0 Å². The fourth-order valence-corrected chi connectivity index (χ4v) is 2.61. The number of nitrogens with one attached hydrogen (secondary N) is 1. The van der Waals surface area contributed by atoms with Gasteiger partial charge in [0, 0.05) is 12.7 Å². The van der Waals surface area contributed by atoms with E-state index < -0.39 is 10.8 Å². The average Bonchev–Trinajstić information content (AvgIpc) is 3.19. The Morgan fingerprint density at radius 3 is 3.00 bits per heavy atom. The minimum absolute atomic E-state index is 0.0541. The van der Waals surface area contributed by atoms with Crippen LogP contribution in [0.15, 0.2) is 16.5 Å². The molecule has 10 heteroatoms. The maximum atomic E-state index is 11.9. The number of nitrogens with zero attached hydrogens (tertiary/aromatic N) is 3. The number of anilines is 1. The standard InChI is InChI=1S/C11H10N4O5S/c16-9(7-3-4-8(21-7)15(17)18)12-11-14-13-10(20-11)6-2-1-5-19-6/h3-4,6H,1-2,5H2,(H,12,14,16)/t6-/m0/s1. The first-order chi connectivity index (χ1) is 10.1. The van der Waals surface area contributed by atoms with Crippen molar-refractivity contribution in [1.82, 2.24) is 10.2 Å². The van der Waals surface area contributed by atoms with Crippen LogP contribution in [-0.2, 0) is 4.74 Å². The number of carbonyl (C=O) groups excluding carboxylic acids is 1. The molecule has 1 saturated heterocycles. The minimum atomic E-state index is -0.552. The summed E-state index contributed by atoms with van der Waals surface area (Å²) in [5.74, 6) is -0.212. The van der Waals surface area contributed by atoms with Crippen LogP contribution in [0.2, 0.25) is 0 Å². The van der Waals surface area contributed by atoms with Gasteiger partial charge in [0.15, 0.2) is 0 Å². The largest absolute Gasteiger partial charge is 0.405 e. The van der Waals surface area contributed by atoms with Crippen LogP contribution in [0.3, 0.4) is 0 Å². The molecule has 1 fully saturated rings. The fourth-order valence-electron chi connectivity index (χ4n) is 1.89. The van der Waals surface area contributed by atoms with Gasteiger partial charge in [-0.25, -0.2) is 0 Å². The third-order valence-corrected chi connectivity index (χ3v) is 3.90. The van der Waals surface area contributed by atoms with Crippen LogP contribution in [0, 0.1) is 10.1 Å². The van der Waals surface area contributed by atoms with Crippen molar-refractivity contribution in [3.8, 4) is 0 Å². The summed E-state index contributed by atoms with van der Waals surface area (Å²) < 4.78 is 10.7. The number of thiophene rings is 1. The number of amides is 1. The lowest BCUT2D eigenvalue weighted by Gasteiger charge is -2.01. The lowest BCUT2D eigenvalue weighted by molar-refractivity contribution is -0.380. The third-order valence-electron chi connectivity index (χ3n) is 2.86. The summed E-state index contributed by atoms with van der Waals surface area (Å²) in [6.45, 7) is 0.646. The van der Waals surface area contributed by atoms with Gasteiger partial charge in [0.1, 0.15) is 6.10 Å². The van der Waals surface area contributed by atoms with E-state index in [2.05, 4.69) is 15.5 Å². The maximum Gasteiger partial charge on any atom is 0.324 e. The molecular weight excluding hydrogens is 300 g/mol. The molecule has 1 aliphatic rings. The molecule has 2 aromatic rings. The molecule has 2 aromatic heterocycles. The van der Waals surface area contributed by atoms with Crippen LogP contribution in [-0.4, -0.2) is 27.6 Å². The average molecular weight is 310 g/mol. The van der Waals surface area contributed by atoms with Crippen LogP contribution in [0.1, 0.15) is 34.5 Å². The van der Waals surface area contributed by atoms with Crippen molar-refractivity contribution in [2.75, 3.05) is 11.9 Å². The van der Waals surface area contributed by atoms with E-state index in [4.69, 9.17) is 9.15 Å². The molecule has 1 N–H and O–H groups in total. The number of rotatable bonds is 4. The second kappa shape index (κ2) is 5.58. The summed E-state index contributed by atoms with van der Waals surface area (Å²) in [4.78, 5) is 22.1. The molecule has 110 valence electrons. The Morgan fingerprint density at radius 1 is 1.48 bits per heavy atom. The van der Waals surface area contributed by atoms with Crippen molar-refractivity contribution < 1.29 is 18.9 Å². The highest BCUT2D eigenvalue weighted by atomic mass is 32.1. The second-order valence-electron chi connectivity index (χ2n) is 4.30. The lowest BCUT2D eigenvalue weighted by atomic mass is 10.2. The first-order valence-electron chi connectivity index (χ1n) is 6.14. The predicted molar refractivity (Wildman–Crippen MR) is 71.2 cm³/mol. The molecule has 3 heterocycles. The van der Waals surface area contributed by atoms with Crippen molar-refractivity contribution >= 4 is 28.3 Å². The smallest absolute Gasteiger partial charge is 0.324 e. The zero-order chi connectivity index (χ0) is 14.8. The number of carbonyl (C=O) groups is 1. The van der Waals surface area contributed by atoms with Crippen molar-refractivity contribution in [2.45, 2.75) is 18.9 Å². The molecule has 0 aliphatic carbocycles. The van der Waals surface area contributed by atoms with Gasteiger partial charge in [-0.3, -0.25) is 20.2 Å². The van der Waals surface area contributed by atoms with Crippen LogP contribution in [0.4, 0.5) is 11.0 Å². The molecule has 0 aromatic carbocycles. The monoisotopic (exact) mass is 310 g/mol. The number of ether oxygens (including phenoxy) is 1. The summed E-state index contributed by atoms with van der Waals surface area (Å²) in [5.41, 5.74) is 0. The van der Waals surface area contributed by atoms with E-state index in [-0.39, 0.29) is 22.0 Å². The van der Waals surface area contributed by atoms with Gasteiger partial charge in [-0.15, -0.1) is 5.10 Å². The second-order valence-corrected chi connectivity index (χ2v) is 5.36. The molecule has 0 spiro atoms. The van der Waals surface area contributed by atoms with E-state index in [0.717, 1.165) is 24.2 Å². The first kappa shape index (κ1) is 13.6. The predicted octanol–water partition coefficient (Wildman–Crippen LogP) is 2.14. The van der Waals surface area contributed by atoms with Gasteiger partial charge in [-0.2, -0.15) is 0 Å². The molecule has 1 atom stereocenters. The maximum absolute atomic E-state index is 11.9. The quantitative estimate of drug-likeness (QED) is 0.678. The molecule has 0 unspecified atom stereocenters. The van der Waals surface area contributed by atoms with E-state index in [1.807, 2.05) is 0 Å². The number of aromatic nitrogens is 2. The van der Waals surface area contributed by atoms with Gasteiger partial charge in [0.2, 0.25) is 5.89 Å². The van der Waals surface area contributed by atoms with Crippen LogP contribution in [0.25, 0.3) is 0 Å². The van der Waals surface area contributed by atoms with Crippen LogP contribution in [0.5, 0.6) is 0 Å². The molecular formula is C11H10N4O5S. The van der Waals surface area contributed by atoms with Crippen molar-refractivity contribution in [2.24, 2.45) is 0 Å². The molecule has 9 nitrogen and oxygen atoms in total. The molecule has 1 amide bonds. The summed E-state index contributed by atoms with van der Waals surface area (Å²) in [6.07, 6.45) is 1.49. The van der Waals surface area contributed by atoms with Gasteiger partial charge in [-0.1, -0.05) is 16.4 Å². The molecule has 3 rings (SSSR count). The van der Waals surface area contributed by atoms with E-state index in [0.29, 0.717) is 12.5 Å². The Kier molecular flexibility index (Phi) is 3.62. The normalized spacial score (nSPS) is 17.8. The summed E-state index contributed by atoms with van der Waals surface area (Å²) in [5, 5.41) is 20.4. The lowest BCUT2D eigenvalue weighted by Crippen LogP contribution is -2.10. The Morgan fingerprint density at radius 2 is 2.33 bits per heavy atom. The Hall–Kier alpha value is -2.33. The van der Waals surface area contributed by atoms with Crippen LogP contribution < -0.4 is 5.32 Å². The SMILES string of the molecule is O=C(Nc1nnc([C@@H]2CCCO2)o1)c1ccc([N+](=O)[O-])s1. The molecule has 1 aliphatic heterocycles. The summed E-state index contributed by atoms with van der Waals surface area (Å²) in [6, 6.07) is 2.59. The van der Waals surface area contributed by atoms with E-state index in [9.17, 15) is 14.9 Å². The zero-order valence-corrected chi connectivity index (χ0v) is 11.5. The number of hydrogen-bond acceptors (Lipinski definition) is 8. The summed E-state index contributed by atoms with van der Waals surface area (Å²) >= 11 is 0.775. The van der Waals surface area contributed by atoms with Gasteiger partial charge < -0.3 is 9.15 Å². The number of nitro groups is 1. The van der Waals surface area contributed by atoms with Gasteiger partial charge in [0.25, 0.3) is 5.91 Å². The van der Waals surface area contributed by atoms with Gasteiger partial charge in [0.05, 0.1) is 9.80 Å². The van der Waals surface area contributed by atoms with E-state index in [1.165, 1.54) is 12.1 Å². The highest BCUT2D eigenvalue weighted by molar-refractivity contribution is 7.17. The highest BCUT2D eigenvalue weighted by Gasteiger charge is 2.24. The molecule has 0 radical (unpaired) electrons. The van der Waals surface area contributed by atoms with Crippen molar-refractivity contribution in [3.05, 3.63) is 33.0 Å². The van der Waals surface area contributed by atoms with E-state index >= 15 is 0 Å². The van der Waals surface area contributed by atoms with Crippen molar-refractivity contribution in [3.63, 3.8) is 0 Å². The van der Waals surface area contributed by atoms with Gasteiger partial charge in [-0.05, 0) is 18.9 Å². The molecule has 0 saturated carbocycles. The number of hydrogen-bond donors (Lipinski definition) is 1. The Bertz CT molecular complexity index is 676. The van der Waals surface area contributed by atoms with Crippen LogP contribution >= 0.6 is 11.3 Å². The molecule has 21 heavy (non-hydrogen) atoms. The minimum Gasteiger partial charge on any atom is -0.405 e. The Balaban J connectivity index is 1.67. The van der Waals surface area contributed by atoms with E-state index in [1.54, 1.807) is 0 Å². The first-order valence-corrected chi connectivity index (χ1v) is 6.96. The fraction of sp³-hybridized carbons (Fsp3) is 0.364. The highest BCUT2D eigenvalue weighted by Crippen LogP contribution is 2.28. The topological polar surface area (TPSA) is 120 Å². The third kappa shape index (κ3) is 2.90. The summed E-state index contributed by atoms with van der Waals surface area (Å²) in [7, 11) is 0. The molecule has 0 bridgehead atoms. The van der Waals surface area contributed by atoms with Crippen molar-refractivity contribution in [1.29, 1.82) is 0 Å². The zero-order valence-electron chi connectivity index (χ0n) is 10.6. The Labute approximate surface area is 122 Å².